The van der Waals surface area contributed by atoms with Crippen molar-refractivity contribution >= 4 is 45.3 Å². The molecule has 2 saturated carbocycles. The lowest BCUT2D eigenvalue weighted by Gasteiger charge is -2.27. The minimum atomic E-state index is -0.501. The van der Waals surface area contributed by atoms with Gasteiger partial charge in [-0.15, -0.1) is 0 Å². The zero-order chi connectivity index (χ0) is 17.0. The van der Waals surface area contributed by atoms with Crippen LogP contribution in [0.3, 0.4) is 0 Å². The quantitative estimate of drug-likeness (QED) is 0.439. The van der Waals surface area contributed by atoms with Crippen molar-refractivity contribution in [2.24, 2.45) is 23.7 Å². The van der Waals surface area contributed by atoms with Gasteiger partial charge >= 0.3 is 5.97 Å². The number of carbonyl (C=O) groups excluding carboxylic acids is 3. The van der Waals surface area contributed by atoms with E-state index in [1.165, 1.54) is 0 Å². The van der Waals surface area contributed by atoms with Gasteiger partial charge in [0.1, 0.15) is 6.10 Å². The first-order valence-corrected chi connectivity index (χ1v) is 8.97. The number of ether oxygens (including phenoxy) is 1. The van der Waals surface area contributed by atoms with E-state index in [-0.39, 0.29) is 40.2 Å². The number of alkyl halides is 1. The number of hydrogen-bond acceptors (Lipinski definition) is 4. The van der Waals surface area contributed by atoms with Crippen molar-refractivity contribution < 1.29 is 19.1 Å². The summed E-state index contributed by atoms with van der Waals surface area (Å²) in [7, 11) is 0. The summed E-state index contributed by atoms with van der Waals surface area (Å²) in [6.45, 7) is 0. The van der Waals surface area contributed by atoms with Gasteiger partial charge in [0.2, 0.25) is 5.91 Å². The van der Waals surface area contributed by atoms with E-state index >= 15 is 0 Å². The van der Waals surface area contributed by atoms with Crippen LogP contribution in [0.15, 0.2) is 24.3 Å². The second-order valence-corrected chi connectivity index (χ2v) is 7.85. The van der Waals surface area contributed by atoms with Crippen LogP contribution in [-0.2, 0) is 14.3 Å². The monoisotopic (exact) mass is 412 g/mol. The Labute approximate surface area is 151 Å². The van der Waals surface area contributed by atoms with E-state index in [0.717, 1.165) is 6.42 Å². The molecule has 1 aliphatic heterocycles. The fourth-order valence-electron chi connectivity index (χ4n) is 4.24. The van der Waals surface area contributed by atoms with E-state index in [2.05, 4.69) is 26.8 Å². The third kappa shape index (κ3) is 2.25. The van der Waals surface area contributed by atoms with E-state index in [1.807, 2.05) is 0 Å². The summed E-state index contributed by atoms with van der Waals surface area (Å²) in [5.41, 5.74) is 5.08. The summed E-state index contributed by atoms with van der Waals surface area (Å²) in [6.07, 6.45) is 0.655. The fourth-order valence-corrected chi connectivity index (χ4v) is 5.51. The van der Waals surface area contributed by atoms with Crippen LogP contribution >= 0.6 is 27.5 Å². The molecule has 6 nitrogen and oxygen atoms in total. The van der Waals surface area contributed by atoms with Crippen LogP contribution in [0, 0.1) is 23.7 Å². The standard InChI is InChI=1S/C16H14BrClN2O4/c17-12-7-5-8-11(16(23)24-13(8)12)10(7)15(22)20-19-14(21)6-3-1-2-4-9(6)18/h1-4,7-8,10-13H,5H2,(H,19,21)(H,20,22)/t7-,8-,10-,11+,12-,13+/m1/s1. The second-order valence-electron chi connectivity index (χ2n) is 6.38. The van der Waals surface area contributed by atoms with Crippen LogP contribution in [0.4, 0.5) is 0 Å². The number of hydrazine groups is 1. The Morgan fingerprint density at radius 2 is 1.96 bits per heavy atom. The largest absolute Gasteiger partial charge is 0.461 e. The third-order valence-corrected chi connectivity index (χ3v) is 6.77. The highest BCUT2D eigenvalue weighted by Gasteiger charge is 2.67. The molecular formula is C16H14BrClN2O4. The van der Waals surface area contributed by atoms with Gasteiger partial charge in [0.15, 0.2) is 0 Å². The van der Waals surface area contributed by atoms with Crippen molar-refractivity contribution in [3.63, 3.8) is 0 Å². The molecule has 0 aromatic heterocycles. The van der Waals surface area contributed by atoms with Crippen molar-refractivity contribution in [3.05, 3.63) is 34.9 Å². The average molecular weight is 414 g/mol. The summed E-state index contributed by atoms with van der Waals surface area (Å²) < 4.78 is 5.37. The van der Waals surface area contributed by atoms with Crippen molar-refractivity contribution in [3.8, 4) is 0 Å². The zero-order valence-electron chi connectivity index (χ0n) is 12.4. The van der Waals surface area contributed by atoms with E-state index in [4.69, 9.17) is 16.3 Å². The molecule has 3 fully saturated rings. The molecule has 8 heteroatoms. The third-order valence-electron chi connectivity index (χ3n) is 5.24. The highest BCUT2D eigenvalue weighted by atomic mass is 79.9. The number of rotatable bonds is 2. The second kappa shape index (κ2) is 5.74. The van der Waals surface area contributed by atoms with Gasteiger partial charge in [-0.25, -0.2) is 0 Å². The minimum Gasteiger partial charge on any atom is -0.461 e. The molecule has 4 rings (SSSR count). The number of nitrogens with one attached hydrogen (secondary N) is 2. The number of benzene rings is 1. The lowest BCUT2D eigenvalue weighted by atomic mass is 9.79. The molecule has 0 unspecified atom stereocenters. The van der Waals surface area contributed by atoms with Crippen LogP contribution < -0.4 is 10.9 Å². The molecule has 126 valence electrons. The molecule has 2 bridgehead atoms. The van der Waals surface area contributed by atoms with Gasteiger partial charge in [-0.1, -0.05) is 39.7 Å². The smallest absolute Gasteiger partial charge is 0.310 e. The molecule has 6 atom stereocenters. The van der Waals surface area contributed by atoms with Crippen LogP contribution in [-0.4, -0.2) is 28.7 Å². The van der Waals surface area contributed by atoms with Gasteiger partial charge < -0.3 is 4.74 Å². The molecule has 1 aromatic carbocycles. The molecule has 0 spiro atoms. The predicted molar refractivity (Wildman–Crippen MR) is 88.2 cm³/mol. The van der Waals surface area contributed by atoms with Crippen molar-refractivity contribution in [2.75, 3.05) is 0 Å². The fraction of sp³-hybridized carbons (Fsp3) is 0.438. The molecular weight excluding hydrogens is 400 g/mol. The summed E-state index contributed by atoms with van der Waals surface area (Å²) >= 11 is 9.51. The molecule has 3 aliphatic rings. The first-order chi connectivity index (χ1) is 11.5. The van der Waals surface area contributed by atoms with Gasteiger partial charge in [0, 0.05) is 5.92 Å². The SMILES string of the molecule is O=C(NNC(=O)[C@@H]1[C@H]2C[C@H]3[C@H](OC(=O)[C@@H]31)[C@@H]2Br)c1ccccc1Cl. The lowest BCUT2D eigenvalue weighted by molar-refractivity contribution is -0.146. The minimum absolute atomic E-state index is 0.0137. The van der Waals surface area contributed by atoms with Crippen LogP contribution in [0.1, 0.15) is 16.8 Å². The number of carbonyl (C=O) groups is 3. The summed E-state index contributed by atoms with van der Waals surface area (Å²) in [5.74, 6) is -1.96. The molecule has 1 aromatic rings. The highest BCUT2D eigenvalue weighted by molar-refractivity contribution is 9.09. The molecule has 2 aliphatic carbocycles. The van der Waals surface area contributed by atoms with Gasteiger partial charge in [-0.3, -0.25) is 25.2 Å². The van der Waals surface area contributed by atoms with E-state index in [0.29, 0.717) is 5.02 Å². The summed E-state index contributed by atoms with van der Waals surface area (Å²) in [4.78, 5) is 36.7. The molecule has 24 heavy (non-hydrogen) atoms. The Hall–Kier alpha value is -1.60. The Morgan fingerprint density at radius 3 is 2.71 bits per heavy atom. The first-order valence-electron chi connectivity index (χ1n) is 7.68. The zero-order valence-corrected chi connectivity index (χ0v) is 14.7. The normalized spacial score (nSPS) is 35.7. The first kappa shape index (κ1) is 15.9. The van der Waals surface area contributed by atoms with Gasteiger partial charge in [0.05, 0.1) is 27.2 Å². The van der Waals surface area contributed by atoms with E-state index < -0.39 is 17.7 Å². The average Bonchev–Trinajstić information content (AvgIpc) is 3.17. The van der Waals surface area contributed by atoms with Crippen molar-refractivity contribution in [2.45, 2.75) is 17.4 Å². The summed E-state index contributed by atoms with van der Waals surface area (Å²) in [6, 6.07) is 6.56. The number of fused-ring (bicyclic) bond motifs is 1. The van der Waals surface area contributed by atoms with Gasteiger partial charge in [-0.05, 0) is 24.5 Å². The Bertz CT molecular complexity index is 743. The number of hydrogen-bond donors (Lipinski definition) is 2. The van der Waals surface area contributed by atoms with Crippen LogP contribution in [0.5, 0.6) is 0 Å². The molecule has 2 N–H and O–H groups in total. The molecule has 1 heterocycles. The van der Waals surface area contributed by atoms with Gasteiger partial charge in [-0.2, -0.15) is 0 Å². The van der Waals surface area contributed by atoms with Gasteiger partial charge in [0.25, 0.3) is 5.91 Å². The summed E-state index contributed by atoms with van der Waals surface area (Å²) in [5, 5.41) is 0.298. The molecule has 2 amide bonds. The Kier molecular flexibility index (Phi) is 3.80. The number of amides is 2. The topological polar surface area (TPSA) is 84.5 Å². The van der Waals surface area contributed by atoms with Crippen LogP contribution in [0.25, 0.3) is 0 Å². The van der Waals surface area contributed by atoms with Crippen molar-refractivity contribution in [1.29, 1.82) is 0 Å². The van der Waals surface area contributed by atoms with Crippen LogP contribution in [0.2, 0.25) is 5.02 Å². The van der Waals surface area contributed by atoms with Crippen molar-refractivity contribution in [1.82, 2.24) is 10.9 Å². The number of halogens is 2. The maximum absolute atomic E-state index is 12.5. The number of esters is 1. The maximum Gasteiger partial charge on any atom is 0.310 e. The highest BCUT2D eigenvalue weighted by Crippen LogP contribution is 2.59. The Balaban J connectivity index is 1.45. The van der Waals surface area contributed by atoms with E-state index in [1.54, 1.807) is 24.3 Å². The maximum atomic E-state index is 12.5. The Morgan fingerprint density at radius 1 is 1.21 bits per heavy atom. The molecule has 0 radical (unpaired) electrons. The van der Waals surface area contributed by atoms with E-state index in [9.17, 15) is 14.4 Å². The molecule has 1 saturated heterocycles. The lowest BCUT2D eigenvalue weighted by Crippen LogP contribution is -2.49. The predicted octanol–water partition coefficient (Wildman–Crippen LogP) is 1.67.